The van der Waals surface area contributed by atoms with Gasteiger partial charge < -0.3 is 5.32 Å². The molecule has 1 amide bonds. The van der Waals surface area contributed by atoms with Crippen LogP contribution in [0.1, 0.15) is 21.7 Å². The van der Waals surface area contributed by atoms with E-state index in [1.54, 1.807) is 18.5 Å². The van der Waals surface area contributed by atoms with Crippen LogP contribution in [0, 0.1) is 6.92 Å². The third-order valence-electron chi connectivity index (χ3n) is 2.57. The van der Waals surface area contributed by atoms with Crippen molar-refractivity contribution in [3.8, 4) is 0 Å². The number of hydrogen-bond acceptors (Lipinski definition) is 3. The Bertz CT molecular complexity index is 526. The van der Waals surface area contributed by atoms with Crippen molar-refractivity contribution in [2.24, 2.45) is 0 Å². The Hall–Kier alpha value is -2.23. The maximum atomic E-state index is 11.8. The Morgan fingerprint density at radius 3 is 2.72 bits per heavy atom. The lowest BCUT2D eigenvalue weighted by Gasteiger charge is -2.05. The Morgan fingerprint density at radius 2 is 2.00 bits per heavy atom. The first-order valence-electron chi connectivity index (χ1n) is 5.86. The highest BCUT2D eigenvalue weighted by molar-refractivity contribution is 5.92. The minimum Gasteiger partial charge on any atom is -0.350 e. The molecule has 2 rings (SSSR count). The molecule has 0 unspecified atom stereocenters. The molecule has 92 valence electrons. The number of rotatable bonds is 4. The quantitative estimate of drug-likeness (QED) is 0.887. The third-order valence-corrected chi connectivity index (χ3v) is 2.57. The SMILES string of the molecule is Cc1cccc(C(=O)NCCc2ccncc2)n1. The molecule has 0 bridgehead atoms. The summed E-state index contributed by atoms with van der Waals surface area (Å²) in [5.41, 5.74) is 2.46. The van der Waals surface area contributed by atoms with Gasteiger partial charge in [-0.3, -0.25) is 9.78 Å². The van der Waals surface area contributed by atoms with Crippen molar-refractivity contribution >= 4 is 5.91 Å². The van der Waals surface area contributed by atoms with Crippen molar-refractivity contribution < 1.29 is 4.79 Å². The molecule has 2 aromatic heterocycles. The summed E-state index contributed by atoms with van der Waals surface area (Å²) in [5, 5.41) is 2.85. The molecule has 0 spiro atoms. The molecular weight excluding hydrogens is 226 g/mol. The molecule has 0 aliphatic heterocycles. The number of aryl methyl sites for hydroxylation is 1. The van der Waals surface area contributed by atoms with E-state index in [4.69, 9.17) is 0 Å². The molecule has 0 aromatic carbocycles. The second kappa shape index (κ2) is 5.91. The van der Waals surface area contributed by atoms with Crippen molar-refractivity contribution in [2.45, 2.75) is 13.3 Å². The van der Waals surface area contributed by atoms with Crippen LogP contribution in [0.4, 0.5) is 0 Å². The Labute approximate surface area is 106 Å². The molecule has 1 N–H and O–H groups in total. The maximum absolute atomic E-state index is 11.8. The monoisotopic (exact) mass is 241 g/mol. The average Bonchev–Trinajstić information content (AvgIpc) is 2.40. The van der Waals surface area contributed by atoms with Crippen LogP contribution >= 0.6 is 0 Å². The van der Waals surface area contributed by atoms with Gasteiger partial charge in [0.15, 0.2) is 0 Å². The molecule has 0 saturated heterocycles. The Balaban J connectivity index is 1.86. The van der Waals surface area contributed by atoms with E-state index < -0.39 is 0 Å². The molecule has 4 heteroatoms. The molecule has 18 heavy (non-hydrogen) atoms. The van der Waals surface area contributed by atoms with Gasteiger partial charge in [0.25, 0.3) is 5.91 Å². The molecule has 0 atom stereocenters. The van der Waals surface area contributed by atoms with Gasteiger partial charge in [-0.1, -0.05) is 6.07 Å². The maximum Gasteiger partial charge on any atom is 0.269 e. The van der Waals surface area contributed by atoms with E-state index in [1.165, 1.54) is 0 Å². The van der Waals surface area contributed by atoms with Crippen molar-refractivity contribution in [3.05, 3.63) is 59.7 Å². The highest BCUT2D eigenvalue weighted by atomic mass is 16.1. The van der Waals surface area contributed by atoms with Crippen LogP contribution in [0.15, 0.2) is 42.7 Å². The molecule has 0 saturated carbocycles. The molecule has 4 nitrogen and oxygen atoms in total. The van der Waals surface area contributed by atoms with Crippen LogP contribution in [-0.2, 0) is 6.42 Å². The molecule has 2 heterocycles. The first-order valence-corrected chi connectivity index (χ1v) is 5.86. The summed E-state index contributed by atoms with van der Waals surface area (Å²) in [7, 11) is 0. The van der Waals surface area contributed by atoms with Crippen LogP contribution in [0.3, 0.4) is 0 Å². The van der Waals surface area contributed by atoms with Gasteiger partial charge in [-0.05, 0) is 43.2 Å². The number of nitrogens with zero attached hydrogens (tertiary/aromatic N) is 2. The third kappa shape index (κ3) is 3.38. The summed E-state index contributed by atoms with van der Waals surface area (Å²) in [6.07, 6.45) is 4.29. The van der Waals surface area contributed by atoms with Gasteiger partial charge in [-0.25, -0.2) is 4.98 Å². The highest BCUT2D eigenvalue weighted by Crippen LogP contribution is 1.99. The van der Waals surface area contributed by atoms with E-state index in [1.807, 2.05) is 31.2 Å². The fourth-order valence-electron chi connectivity index (χ4n) is 1.63. The second-order valence-electron chi connectivity index (χ2n) is 4.03. The number of amides is 1. The van der Waals surface area contributed by atoms with Crippen LogP contribution in [0.25, 0.3) is 0 Å². The fraction of sp³-hybridized carbons (Fsp3) is 0.214. The first kappa shape index (κ1) is 12.2. The molecule has 0 aliphatic carbocycles. The lowest BCUT2D eigenvalue weighted by Crippen LogP contribution is -2.26. The van der Waals surface area contributed by atoms with Gasteiger partial charge >= 0.3 is 0 Å². The van der Waals surface area contributed by atoms with Crippen molar-refractivity contribution in [3.63, 3.8) is 0 Å². The van der Waals surface area contributed by atoms with Crippen molar-refractivity contribution in [1.82, 2.24) is 15.3 Å². The topological polar surface area (TPSA) is 54.9 Å². The minimum absolute atomic E-state index is 0.132. The van der Waals surface area contributed by atoms with Crippen molar-refractivity contribution in [1.29, 1.82) is 0 Å². The average molecular weight is 241 g/mol. The van der Waals surface area contributed by atoms with E-state index in [-0.39, 0.29) is 5.91 Å². The molecule has 2 aromatic rings. The number of pyridine rings is 2. The van der Waals surface area contributed by atoms with Crippen LogP contribution < -0.4 is 5.32 Å². The number of nitrogens with one attached hydrogen (secondary N) is 1. The number of carbonyl (C=O) groups excluding carboxylic acids is 1. The summed E-state index contributed by atoms with van der Waals surface area (Å²) in [6.45, 7) is 2.46. The summed E-state index contributed by atoms with van der Waals surface area (Å²) in [5.74, 6) is -0.132. The Kier molecular flexibility index (Phi) is 4.02. The van der Waals surface area contributed by atoms with E-state index in [0.29, 0.717) is 12.2 Å². The highest BCUT2D eigenvalue weighted by Gasteiger charge is 2.05. The van der Waals surface area contributed by atoms with E-state index in [2.05, 4.69) is 15.3 Å². The van der Waals surface area contributed by atoms with Gasteiger partial charge in [-0.2, -0.15) is 0 Å². The largest absolute Gasteiger partial charge is 0.350 e. The zero-order chi connectivity index (χ0) is 12.8. The molecule has 0 fully saturated rings. The molecule has 0 radical (unpaired) electrons. The lowest BCUT2D eigenvalue weighted by molar-refractivity contribution is 0.0949. The number of carbonyl (C=O) groups is 1. The predicted molar refractivity (Wildman–Crippen MR) is 69.2 cm³/mol. The minimum atomic E-state index is -0.132. The standard InChI is InChI=1S/C14H15N3O/c1-11-3-2-4-13(17-11)14(18)16-10-7-12-5-8-15-9-6-12/h2-6,8-9H,7,10H2,1H3,(H,16,18). The van der Waals surface area contributed by atoms with E-state index in [9.17, 15) is 4.79 Å². The predicted octanol–water partition coefficient (Wildman–Crippen LogP) is 1.76. The van der Waals surface area contributed by atoms with Crippen molar-refractivity contribution in [2.75, 3.05) is 6.54 Å². The second-order valence-corrected chi connectivity index (χ2v) is 4.03. The number of aromatic nitrogens is 2. The zero-order valence-corrected chi connectivity index (χ0v) is 10.3. The van der Waals surface area contributed by atoms with Gasteiger partial charge in [0.1, 0.15) is 5.69 Å². The summed E-state index contributed by atoms with van der Waals surface area (Å²) in [6, 6.07) is 9.30. The molecular formula is C14H15N3O. The smallest absolute Gasteiger partial charge is 0.269 e. The zero-order valence-electron chi connectivity index (χ0n) is 10.3. The van der Waals surface area contributed by atoms with Crippen LogP contribution in [0.5, 0.6) is 0 Å². The van der Waals surface area contributed by atoms with Crippen LogP contribution in [-0.4, -0.2) is 22.4 Å². The first-order chi connectivity index (χ1) is 8.75. The van der Waals surface area contributed by atoms with Gasteiger partial charge in [-0.15, -0.1) is 0 Å². The van der Waals surface area contributed by atoms with Gasteiger partial charge in [0.05, 0.1) is 0 Å². The lowest BCUT2D eigenvalue weighted by atomic mass is 10.2. The van der Waals surface area contributed by atoms with Gasteiger partial charge in [0.2, 0.25) is 0 Å². The Morgan fingerprint density at radius 1 is 1.22 bits per heavy atom. The van der Waals surface area contributed by atoms with Crippen LogP contribution in [0.2, 0.25) is 0 Å². The van der Waals surface area contributed by atoms with E-state index >= 15 is 0 Å². The van der Waals surface area contributed by atoms with E-state index in [0.717, 1.165) is 17.7 Å². The molecule has 0 aliphatic rings. The normalized spacial score (nSPS) is 10.1. The number of hydrogen-bond donors (Lipinski definition) is 1. The summed E-state index contributed by atoms with van der Waals surface area (Å²) < 4.78 is 0. The fourth-order valence-corrected chi connectivity index (χ4v) is 1.63. The summed E-state index contributed by atoms with van der Waals surface area (Å²) in [4.78, 5) is 19.9. The summed E-state index contributed by atoms with van der Waals surface area (Å²) >= 11 is 0. The van der Waals surface area contributed by atoms with Gasteiger partial charge in [0, 0.05) is 24.6 Å².